The van der Waals surface area contributed by atoms with E-state index in [0.717, 1.165) is 6.20 Å². The molecule has 5 nitrogen and oxygen atoms in total. The van der Waals surface area contributed by atoms with Gasteiger partial charge in [-0.1, -0.05) is 0 Å². The van der Waals surface area contributed by atoms with E-state index >= 15 is 0 Å². The third-order valence-corrected chi connectivity index (χ3v) is 1.76. The van der Waals surface area contributed by atoms with E-state index < -0.39 is 17.8 Å². The van der Waals surface area contributed by atoms with Gasteiger partial charge in [0.05, 0.1) is 6.20 Å². The Bertz CT molecular complexity index is 346. The van der Waals surface area contributed by atoms with E-state index in [4.69, 9.17) is 10.8 Å². The maximum Gasteiger partial charge on any atom is 0.247 e. The van der Waals surface area contributed by atoms with Gasteiger partial charge in [-0.15, -0.1) is 0 Å². The number of primary amides is 1. The van der Waals surface area contributed by atoms with Crippen molar-refractivity contribution in [3.8, 4) is 0 Å². The van der Waals surface area contributed by atoms with Crippen LogP contribution < -0.4 is 11.1 Å². The monoisotopic (exact) mass is 213 g/mol. The molecule has 0 bridgehead atoms. The fourth-order valence-electron chi connectivity index (χ4n) is 1.01. The van der Waals surface area contributed by atoms with Crippen molar-refractivity contribution in [2.45, 2.75) is 12.6 Å². The minimum Gasteiger partial charge on any atom is -0.382 e. The van der Waals surface area contributed by atoms with Crippen LogP contribution in [0, 0.1) is 5.82 Å². The first-order chi connectivity index (χ1) is 7.09. The van der Waals surface area contributed by atoms with Crippen LogP contribution in [0.25, 0.3) is 0 Å². The number of hydrogen-bond donors (Lipinski definition) is 3. The second kappa shape index (κ2) is 5.38. The van der Waals surface area contributed by atoms with Gasteiger partial charge in [-0.2, -0.15) is 0 Å². The zero-order valence-corrected chi connectivity index (χ0v) is 7.98. The van der Waals surface area contributed by atoms with Crippen molar-refractivity contribution in [2.24, 2.45) is 5.73 Å². The molecule has 0 aromatic carbocycles. The molecule has 0 saturated carbocycles. The first-order valence-electron chi connectivity index (χ1n) is 4.37. The Morgan fingerprint density at radius 3 is 3.00 bits per heavy atom. The summed E-state index contributed by atoms with van der Waals surface area (Å²) in [6, 6.07) is 1.32. The molecule has 6 heteroatoms. The lowest BCUT2D eigenvalue weighted by molar-refractivity contribution is -0.125. The molecule has 0 spiro atoms. The molecule has 0 radical (unpaired) electrons. The van der Waals surface area contributed by atoms with Gasteiger partial charge in [0.15, 0.2) is 0 Å². The van der Waals surface area contributed by atoms with Crippen molar-refractivity contribution in [1.82, 2.24) is 10.3 Å². The second-order valence-electron chi connectivity index (χ2n) is 3.06. The van der Waals surface area contributed by atoms with Crippen molar-refractivity contribution >= 4 is 5.91 Å². The third-order valence-electron chi connectivity index (χ3n) is 1.76. The molecule has 0 aliphatic heterocycles. The fraction of sp³-hybridized carbons (Fsp3) is 0.333. The van der Waals surface area contributed by atoms with Crippen LogP contribution in [0.15, 0.2) is 18.5 Å². The lowest BCUT2D eigenvalue weighted by Gasteiger charge is -2.07. The predicted octanol–water partition coefficient (Wildman–Crippen LogP) is -0.844. The third kappa shape index (κ3) is 4.01. The van der Waals surface area contributed by atoms with Crippen LogP contribution in [0.3, 0.4) is 0 Å². The number of pyridine rings is 1. The van der Waals surface area contributed by atoms with Gasteiger partial charge in [0.25, 0.3) is 0 Å². The molecule has 1 aromatic heterocycles. The molecule has 1 unspecified atom stereocenters. The van der Waals surface area contributed by atoms with Gasteiger partial charge in [0, 0.05) is 19.3 Å². The Hall–Kier alpha value is -1.53. The normalized spacial score (nSPS) is 12.4. The first kappa shape index (κ1) is 11.5. The van der Waals surface area contributed by atoms with Gasteiger partial charge >= 0.3 is 0 Å². The quantitative estimate of drug-likeness (QED) is 0.595. The minimum atomic E-state index is -1.23. The molecular formula is C9H12FN3O2. The highest BCUT2D eigenvalue weighted by atomic mass is 19.1. The first-order valence-corrected chi connectivity index (χ1v) is 4.37. The Morgan fingerprint density at radius 1 is 1.67 bits per heavy atom. The lowest BCUT2D eigenvalue weighted by Crippen LogP contribution is -2.37. The molecule has 0 fully saturated rings. The number of aromatic nitrogens is 1. The standard InChI is InChI=1S/C9H12FN3O2/c10-7-1-6(2-12-4-7)3-13-5-8(14)9(11)15/h1-2,4,8,13-14H,3,5H2,(H2,11,15). The maximum absolute atomic E-state index is 12.7. The van der Waals surface area contributed by atoms with Crippen molar-refractivity contribution in [3.05, 3.63) is 29.8 Å². The number of hydrogen-bond acceptors (Lipinski definition) is 4. The van der Waals surface area contributed by atoms with Crippen molar-refractivity contribution < 1.29 is 14.3 Å². The summed E-state index contributed by atoms with van der Waals surface area (Å²) in [4.78, 5) is 14.1. The summed E-state index contributed by atoms with van der Waals surface area (Å²) in [5, 5.41) is 11.8. The molecule has 1 rings (SSSR count). The molecule has 0 aliphatic rings. The second-order valence-corrected chi connectivity index (χ2v) is 3.06. The highest BCUT2D eigenvalue weighted by molar-refractivity contribution is 5.78. The number of nitrogens with two attached hydrogens (primary N) is 1. The maximum atomic E-state index is 12.7. The van der Waals surface area contributed by atoms with E-state index in [0.29, 0.717) is 12.1 Å². The number of aliphatic hydroxyl groups is 1. The summed E-state index contributed by atoms with van der Waals surface area (Å²) in [7, 11) is 0. The molecule has 4 N–H and O–H groups in total. The van der Waals surface area contributed by atoms with E-state index in [2.05, 4.69) is 10.3 Å². The smallest absolute Gasteiger partial charge is 0.247 e. The number of aliphatic hydroxyl groups excluding tert-OH is 1. The van der Waals surface area contributed by atoms with Gasteiger partial charge < -0.3 is 16.2 Å². The average molecular weight is 213 g/mol. The van der Waals surface area contributed by atoms with E-state index in [1.54, 1.807) is 0 Å². The van der Waals surface area contributed by atoms with Crippen molar-refractivity contribution in [1.29, 1.82) is 0 Å². The van der Waals surface area contributed by atoms with Gasteiger partial charge in [0.2, 0.25) is 5.91 Å². The van der Waals surface area contributed by atoms with Crippen LogP contribution in [0.1, 0.15) is 5.56 Å². The summed E-state index contributed by atoms with van der Waals surface area (Å²) in [6.07, 6.45) is 1.36. The van der Waals surface area contributed by atoms with Gasteiger partial charge in [-0.25, -0.2) is 4.39 Å². The molecule has 1 aromatic rings. The zero-order chi connectivity index (χ0) is 11.3. The van der Waals surface area contributed by atoms with Crippen LogP contribution in [0.5, 0.6) is 0 Å². The number of amides is 1. The summed E-state index contributed by atoms with van der Waals surface area (Å²) < 4.78 is 12.7. The summed E-state index contributed by atoms with van der Waals surface area (Å²) in [6.45, 7) is 0.348. The predicted molar refractivity (Wildman–Crippen MR) is 51.1 cm³/mol. The Labute approximate surface area is 86.1 Å². The molecule has 82 valence electrons. The van der Waals surface area contributed by atoms with Crippen molar-refractivity contribution in [3.63, 3.8) is 0 Å². The van der Waals surface area contributed by atoms with E-state index in [1.807, 2.05) is 0 Å². The van der Waals surface area contributed by atoms with E-state index in [-0.39, 0.29) is 6.54 Å². The highest BCUT2D eigenvalue weighted by Crippen LogP contribution is 1.99. The molecule has 0 aliphatic carbocycles. The molecule has 1 amide bonds. The molecule has 15 heavy (non-hydrogen) atoms. The Kier molecular flexibility index (Phi) is 4.14. The van der Waals surface area contributed by atoms with Crippen molar-refractivity contribution in [2.75, 3.05) is 6.54 Å². The van der Waals surface area contributed by atoms with Gasteiger partial charge in [-0.3, -0.25) is 9.78 Å². The number of carbonyl (C=O) groups is 1. The number of rotatable bonds is 5. The van der Waals surface area contributed by atoms with Gasteiger partial charge in [-0.05, 0) is 11.6 Å². The van der Waals surface area contributed by atoms with Crippen LogP contribution in [-0.2, 0) is 11.3 Å². The summed E-state index contributed by atoms with van der Waals surface area (Å²) in [5.74, 6) is -1.22. The molecular weight excluding hydrogens is 201 g/mol. The van der Waals surface area contributed by atoms with Crippen LogP contribution in [-0.4, -0.2) is 28.6 Å². The number of carbonyl (C=O) groups excluding carboxylic acids is 1. The lowest BCUT2D eigenvalue weighted by atomic mass is 10.2. The molecule has 1 heterocycles. The average Bonchev–Trinajstić information content (AvgIpc) is 2.17. The fourth-order valence-corrected chi connectivity index (χ4v) is 1.01. The van der Waals surface area contributed by atoms with Gasteiger partial charge in [0.1, 0.15) is 11.9 Å². The van der Waals surface area contributed by atoms with Crippen LogP contribution in [0.4, 0.5) is 4.39 Å². The Balaban J connectivity index is 2.35. The minimum absolute atomic E-state index is 0.0336. The Morgan fingerprint density at radius 2 is 2.40 bits per heavy atom. The topological polar surface area (TPSA) is 88.2 Å². The number of nitrogens with zero attached hydrogens (tertiary/aromatic N) is 1. The SMILES string of the molecule is NC(=O)C(O)CNCc1cncc(F)c1. The molecule has 1 atom stereocenters. The van der Waals surface area contributed by atoms with Crippen LogP contribution >= 0.6 is 0 Å². The molecule has 0 saturated heterocycles. The highest BCUT2D eigenvalue weighted by Gasteiger charge is 2.09. The van der Waals surface area contributed by atoms with Crippen LogP contribution in [0.2, 0.25) is 0 Å². The zero-order valence-electron chi connectivity index (χ0n) is 7.98. The van der Waals surface area contributed by atoms with E-state index in [9.17, 15) is 9.18 Å². The summed E-state index contributed by atoms with van der Waals surface area (Å²) >= 11 is 0. The largest absolute Gasteiger partial charge is 0.382 e. The number of nitrogens with one attached hydrogen (secondary N) is 1. The van der Waals surface area contributed by atoms with E-state index in [1.165, 1.54) is 12.3 Å². The number of halogens is 1. The summed E-state index contributed by atoms with van der Waals surface area (Å²) in [5.41, 5.74) is 5.47.